The number of nitriles is 1. The summed E-state index contributed by atoms with van der Waals surface area (Å²) < 4.78 is 40.1. The minimum absolute atomic E-state index is 0.384. The topological polar surface area (TPSA) is 109 Å². The van der Waals surface area contributed by atoms with Crippen molar-refractivity contribution in [2.45, 2.75) is 12.8 Å². The summed E-state index contributed by atoms with van der Waals surface area (Å²) in [7, 11) is 0. The molecular formula is C9H6F3N3O3. The molecule has 1 rings (SSSR count). The third-order valence-corrected chi connectivity index (χ3v) is 1.81. The molecule has 0 saturated heterocycles. The van der Waals surface area contributed by atoms with Gasteiger partial charge in [0, 0.05) is 11.8 Å². The van der Waals surface area contributed by atoms with Crippen LogP contribution in [0, 0.1) is 11.3 Å². The Balaban J connectivity index is 3.35. The minimum atomic E-state index is -5.06. The third-order valence-electron chi connectivity index (χ3n) is 1.81. The number of hydrogen-bond acceptors (Lipinski definition) is 5. The number of carboxylic acid groups (broad SMARTS) is 1. The van der Waals surface area contributed by atoms with Gasteiger partial charge in [-0.2, -0.15) is 5.26 Å². The van der Waals surface area contributed by atoms with Gasteiger partial charge in [0.2, 0.25) is 0 Å². The molecule has 0 atom stereocenters. The van der Waals surface area contributed by atoms with Crippen LogP contribution in [0.15, 0.2) is 6.20 Å². The predicted octanol–water partition coefficient (Wildman–Crippen LogP) is 1.06. The van der Waals surface area contributed by atoms with Crippen molar-refractivity contribution in [2.24, 2.45) is 0 Å². The number of anilines is 1. The first kappa shape index (κ1) is 13.6. The number of nitrogens with zero attached hydrogens (tertiary/aromatic N) is 2. The summed E-state index contributed by atoms with van der Waals surface area (Å²) in [6, 6.07) is 1.39. The summed E-state index contributed by atoms with van der Waals surface area (Å²) in [4.78, 5) is 13.9. The Kier molecular flexibility index (Phi) is 3.61. The number of rotatable bonds is 3. The Morgan fingerprint density at radius 3 is 2.67 bits per heavy atom. The summed E-state index contributed by atoms with van der Waals surface area (Å²) in [5.74, 6) is -2.79. The van der Waals surface area contributed by atoms with Crippen LogP contribution >= 0.6 is 0 Å². The van der Waals surface area contributed by atoms with E-state index in [2.05, 4.69) is 9.72 Å². The number of nitrogen functional groups attached to an aromatic ring is 1. The maximum Gasteiger partial charge on any atom is 0.573 e. The first-order valence-electron chi connectivity index (χ1n) is 4.39. The fourth-order valence-electron chi connectivity index (χ4n) is 1.18. The molecule has 1 aromatic rings. The molecule has 0 aromatic carbocycles. The Labute approximate surface area is 98.4 Å². The molecule has 0 aliphatic heterocycles. The number of carboxylic acids is 1. The molecule has 18 heavy (non-hydrogen) atoms. The molecule has 6 nitrogen and oxygen atoms in total. The first-order chi connectivity index (χ1) is 8.24. The van der Waals surface area contributed by atoms with Gasteiger partial charge in [-0.05, 0) is 0 Å². The molecule has 0 aliphatic carbocycles. The number of hydrogen-bond donors (Lipinski definition) is 2. The second-order valence-corrected chi connectivity index (χ2v) is 3.10. The molecule has 0 spiro atoms. The van der Waals surface area contributed by atoms with E-state index in [9.17, 15) is 18.0 Å². The van der Waals surface area contributed by atoms with Gasteiger partial charge in [0.1, 0.15) is 17.5 Å². The second kappa shape index (κ2) is 4.79. The monoisotopic (exact) mass is 261 g/mol. The number of halogens is 3. The highest BCUT2D eigenvalue weighted by Gasteiger charge is 2.34. The number of carbonyl (C=O) groups is 1. The number of nitrogens with two attached hydrogens (primary N) is 1. The van der Waals surface area contributed by atoms with Gasteiger partial charge >= 0.3 is 12.3 Å². The highest BCUT2D eigenvalue weighted by Crippen LogP contribution is 2.32. The maximum atomic E-state index is 12.2. The van der Waals surface area contributed by atoms with Gasteiger partial charge in [-0.25, -0.2) is 4.98 Å². The number of alkyl halides is 3. The Bertz CT molecular complexity index is 522. The maximum absolute atomic E-state index is 12.2. The lowest BCUT2D eigenvalue weighted by Crippen LogP contribution is -2.20. The van der Waals surface area contributed by atoms with Gasteiger partial charge in [0.15, 0.2) is 5.75 Å². The summed E-state index contributed by atoms with van der Waals surface area (Å²) in [5, 5.41) is 17.2. The van der Waals surface area contributed by atoms with E-state index in [1.165, 1.54) is 6.07 Å². The van der Waals surface area contributed by atoms with E-state index in [0.29, 0.717) is 0 Å². The Morgan fingerprint density at radius 2 is 2.22 bits per heavy atom. The van der Waals surface area contributed by atoms with Crippen LogP contribution < -0.4 is 10.5 Å². The van der Waals surface area contributed by atoms with Crippen LogP contribution in [0.4, 0.5) is 19.0 Å². The Morgan fingerprint density at radius 1 is 1.61 bits per heavy atom. The van der Waals surface area contributed by atoms with Crippen molar-refractivity contribution in [2.75, 3.05) is 5.73 Å². The van der Waals surface area contributed by atoms with Gasteiger partial charge in [-0.3, -0.25) is 4.79 Å². The second-order valence-electron chi connectivity index (χ2n) is 3.10. The van der Waals surface area contributed by atoms with E-state index in [1.807, 2.05) is 0 Å². The van der Waals surface area contributed by atoms with Gasteiger partial charge in [0.05, 0.1) is 6.42 Å². The number of aromatic nitrogens is 1. The minimum Gasteiger partial charge on any atom is -0.481 e. The van der Waals surface area contributed by atoms with Crippen LogP contribution in [-0.2, 0) is 11.2 Å². The highest BCUT2D eigenvalue weighted by atomic mass is 19.4. The van der Waals surface area contributed by atoms with E-state index in [4.69, 9.17) is 16.1 Å². The SMILES string of the molecule is N#Cc1c(N)ncc(CC(=O)O)c1OC(F)(F)F. The summed E-state index contributed by atoms with van der Waals surface area (Å²) in [5.41, 5.74) is 4.19. The van der Waals surface area contributed by atoms with Gasteiger partial charge < -0.3 is 15.6 Å². The molecule has 0 unspecified atom stereocenters. The summed E-state index contributed by atoms with van der Waals surface area (Å²) in [6.45, 7) is 0. The average molecular weight is 261 g/mol. The van der Waals surface area contributed by atoms with Crippen LogP contribution in [0.25, 0.3) is 0 Å². The predicted molar refractivity (Wildman–Crippen MR) is 51.4 cm³/mol. The van der Waals surface area contributed by atoms with Crippen molar-refractivity contribution < 1.29 is 27.8 Å². The molecule has 0 radical (unpaired) electrons. The number of pyridine rings is 1. The standard InChI is InChI=1S/C9H6F3N3O3/c10-9(11,12)18-7-4(1-6(16)17)3-15-8(14)5(7)2-13/h3H,1H2,(H2,14,15)(H,16,17). The first-order valence-corrected chi connectivity index (χ1v) is 4.39. The fourth-order valence-corrected chi connectivity index (χ4v) is 1.18. The molecule has 0 fully saturated rings. The van der Waals surface area contributed by atoms with Crippen molar-refractivity contribution >= 4 is 11.8 Å². The summed E-state index contributed by atoms with van der Waals surface area (Å²) >= 11 is 0. The molecular weight excluding hydrogens is 255 g/mol. The zero-order valence-electron chi connectivity index (χ0n) is 8.65. The van der Waals surface area contributed by atoms with Crippen molar-refractivity contribution in [1.82, 2.24) is 4.98 Å². The van der Waals surface area contributed by atoms with E-state index < -0.39 is 35.9 Å². The molecule has 0 amide bonds. The zero-order chi connectivity index (χ0) is 13.9. The largest absolute Gasteiger partial charge is 0.573 e. The highest BCUT2D eigenvalue weighted by molar-refractivity contribution is 5.73. The molecule has 1 heterocycles. The fraction of sp³-hybridized carbons (Fsp3) is 0.222. The zero-order valence-corrected chi connectivity index (χ0v) is 8.65. The lowest BCUT2D eigenvalue weighted by Gasteiger charge is -2.14. The molecule has 9 heteroatoms. The molecule has 0 aliphatic rings. The molecule has 96 valence electrons. The smallest absolute Gasteiger partial charge is 0.481 e. The average Bonchev–Trinajstić information content (AvgIpc) is 2.20. The lowest BCUT2D eigenvalue weighted by molar-refractivity contribution is -0.275. The Hall–Kier alpha value is -2.50. The van der Waals surface area contributed by atoms with Crippen LogP contribution in [0.5, 0.6) is 5.75 Å². The molecule has 1 aromatic heterocycles. The quantitative estimate of drug-likeness (QED) is 0.841. The van der Waals surface area contributed by atoms with E-state index in [0.717, 1.165) is 6.20 Å². The van der Waals surface area contributed by atoms with Gasteiger partial charge in [-0.1, -0.05) is 0 Å². The van der Waals surface area contributed by atoms with Gasteiger partial charge in [-0.15, -0.1) is 13.2 Å². The van der Waals surface area contributed by atoms with Gasteiger partial charge in [0.25, 0.3) is 0 Å². The summed E-state index contributed by atoms with van der Waals surface area (Å²) in [6.07, 6.45) is -5.01. The number of aliphatic carboxylic acids is 1. The molecule has 0 saturated carbocycles. The molecule has 3 N–H and O–H groups in total. The van der Waals surface area contributed by atoms with Crippen LogP contribution in [0.3, 0.4) is 0 Å². The van der Waals surface area contributed by atoms with Crippen LogP contribution in [0.1, 0.15) is 11.1 Å². The van der Waals surface area contributed by atoms with Crippen molar-refractivity contribution in [1.29, 1.82) is 5.26 Å². The molecule has 0 bridgehead atoms. The van der Waals surface area contributed by atoms with Crippen LogP contribution in [-0.4, -0.2) is 22.4 Å². The van der Waals surface area contributed by atoms with E-state index >= 15 is 0 Å². The van der Waals surface area contributed by atoms with Crippen molar-refractivity contribution in [3.05, 3.63) is 17.3 Å². The number of ether oxygens (including phenoxy) is 1. The van der Waals surface area contributed by atoms with Crippen LogP contribution in [0.2, 0.25) is 0 Å². The van der Waals surface area contributed by atoms with E-state index in [-0.39, 0.29) is 5.56 Å². The lowest BCUT2D eigenvalue weighted by atomic mass is 10.1. The van der Waals surface area contributed by atoms with Crippen molar-refractivity contribution in [3.8, 4) is 11.8 Å². The van der Waals surface area contributed by atoms with E-state index in [1.54, 1.807) is 0 Å². The third kappa shape index (κ3) is 3.24. The van der Waals surface area contributed by atoms with Crippen molar-refractivity contribution in [3.63, 3.8) is 0 Å². The normalized spacial score (nSPS) is 10.8.